The number of aryl methyl sites for hydroxylation is 1. The Bertz CT molecular complexity index is 566. The number of amides is 1. The zero-order chi connectivity index (χ0) is 16.8. The van der Waals surface area contributed by atoms with E-state index in [1.54, 1.807) is 17.9 Å². The van der Waals surface area contributed by atoms with E-state index in [0.717, 1.165) is 18.9 Å². The number of nitro groups is 1. The molecule has 0 unspecified atom stereocenters. The van der Waals surface area contributed by atoms with E-state index in [0.29, 0.717) is 17.7 Å². The van der Waals surface area contributed by atoms with Crippen LogP contribution in [0, 0.1) is 23.0 Å². The highest BCUT2D eigenvalue weighted by molar-refractivity contribution is 5.94. The Kier molecular flexibility index (Phi) is 6.10. The van der Waals surface area contributed by atoms with Crippen LogP contribution in [-0.2, 0) is 0 Å². The molecule has 1 heterocycles. The molecule has 1 aliphatic rings. The van der Waals surface area contributed by atoms with Gasteiger partial charge < -0.3 is 10.2 Å². The Hall–Kier alpha value is -1.95. The minimum absolute atomic E-state index is 0.0458. The smallest absolute Gasteiger partial charge is 0.272 e. The van der Waals surface area contributed by atoms with Gasteiger partial charge >= 0.3 is 0 Å². The van der Waals surface area contributed by atoms with Crippen molar-refractivity contribution in [1.29, 1.82) is 0 Å². The highest BCUT2D eigenvalue weighted by atomic mass is 16.6. The highest BCUT2D eigenvalue weighted by Crippen LogP contribution is 2.18. The van der Waals surface area contributed by atoms with Crippen LogP contribution >= 0.6 is 0 Å². The van der Waals surface area contributed by atoms with Crippen LogP contribution in [0.4, 0.5) is 5.69 Å². The van der Waals surface area contributed by atoms with E-state index < -0.39 is 4.92 Å². The molecule has 2 rings (SSSR count). The van der Waals surface area contributed by atoms with Crippen molar-refractivity contribution in [2.75, 3.05) is 26.2 Å². The van der Waals surface area contributed by atoms with Crippen molar-refractivity contribution in [3.8, 4) is 0 Å². The topological polar surface area (TPSA) is 76.7 Å². The molecule has 1 aromatic carbocycles. The second-order valence-corrected chi connectivity index (χ2v) is 6.55. The molecular weight excluding hydrogens is 294 g/mol. The van der Waals surface area contributed by atoms with E-state index in [-0.39, 0.29) is 11.6 Å². The molecular formula is C17H26N3O3+. The first-order valence-corrected chi connectivity index (χ1v) is 8.34. The van der Waals surface area contributed by atoms with Crippen LogP contribution in [0.1, 0.15) is 42.1 Å². The summed E-state index contributed by atoms with van der Waals surface area (Å²) in [5, 5.41) is 13.7. The lowest BCUT2D eigenvalue weighted by molar-refractivity contribution is -0.906. The molecule has 23 heavy (non-hydrogen) atoms. The number of hydrogen-bond acceptors (Lipinski definition) is 3. The molecule has 0 aliphatic carbocycles. The fourth-order valence-corrected chi connectivity index (χ4v) is 3.06. The van der Waals surface area contributed by atoms with Crippen LogP contribution in [0.3, 0.4) is 0 Å². The number of quaternary nitrogens is 1. The van der Waals surface area contributed by atoms with E-state index in [1.807, 2.05) is 0 Å². The summed E-state index contributed by atoms with van der Waals surface area (Å²) in [6, 6.07) is 4.48. The maximum absolute atomic E-state index is 12.1. The summed E-state index contributed by atoms with van der Waals surface area (Å²) in [5.74, 6) is 0.689. The van der Waals surface area contributed by atoms with Gasteiger partial charge in [0.1, 0.15) is 0 Å². The number of likely N-dealkylation sites (tertiary alicyclic amines) is 1. The summed E-state index contributed by atoms with van der Waals surface area (Å²) in [5.41, 5.74) is 1.03. The number of nitro benzene ring substituents is 1. The van der Waals surface area contributed by atoms with Gasteiger partial charge in [0.05, 0.1) is 24.6 Å². The number of hydrogen-bond donors (Lipinski definition) is 2. The SMILES string of the molecule is Cc1cc(C(=O)NCCC[NH+]2CCC(C)CC2)ccc1[N+](=O)[O-]. The molecule has 126 valence electrons. The van der Waals surface area contributed by atoms with Gasteiger partial charge in [-0.15, -0.1) is 0 Å². The number of carbonyl (C=O) groups excluding carboxylic acids is 1. The number of nitrogens with zero attached hydrogens (tertiary/aromatic N) is 1. The third-order valence-electron chi connectivity index (χ3n) is 4.63. The van der Waals surface area contributed by atoms with Gasteiger partial charge in [-0.2, -0.15) is 0 Å². The number of benzene rings is 1. The van der Waals surface area contributed by atoms with Crippen molar-refractivity contribution in [2.45, 2.75) is 33.1 Å². The van der Waals surface area contributed by atoms with E-state index in [2.05, 4.69) is 12.2 Å². The summed E-state index contributed by atoms with van der Waals surface area (Å²) >= 11 is 0. The minimum atomic E-state index is -0.431. The van der Waals surface area contributed by atoms with Gasteiger partial charge in [-0.1, -0.05) is 6.92 Å². The monoisotopic (exact) mass is 320 g/mol. The Morgan fingerprint density at radius 3 is 2.70 bits per heavy atom. The molecule has 0 aromatic heterocycles. The van der Waals surface area contributed by atoms with Crippen molar-refractivity contribution >= 4 is 11.6 Å². The predicted octanol–water partition coefficient (Wildman–Crippen LogP) is 1.34. The molecule has 1 saturated heterocycles. The molecule has 1 fully saturated rings. The average molecular weight is 320 g/mol. The molecule has 2 N–H and O–H groups in total. The molecule has 1 aromatic rings. The van der Waals surface area contributed by atoms with Gasteiger partial charge in [0, 0.05) is 30.2 Å². The standard InChI is InChI=1S/C17H25N3O3/c1-13-6-10-19(11-7-13)9-3-8-18-17(21)15-4-5-16(20(22)23)14(2)12-15/h4-5,12-13H,3,6-11H2,1-2H3,(H,18,21)/p+1. The summed E-state index contributed by atoms with van der Waals surface area (Å²) in [7, 11) is 0. The van der Waals surface area contributed by atoms with E-state index in [9.17, 15) is 14.9 Å². The Balaban J connectivity index is 1.74. The Morgan fingerprint density at radius 1 is 1.39 bits per heavy atom. The van der Waals surface area contributed by atoms with Gasteiger partial charge in [0.25, 0.3) is 11.6 Å². The van der Waals surface area contributed by atoms with Gasteiger partial charge in [-0.05, 0) is 37.8 Å². The van der Waals surface area contributed by atoms with Gasteiger partial charge in [-0.25, -0.2) is 0 Å². The molecule has 0 bridgehead atoms. The van der Waals surface area contributed by atoms with Crippen LogP contribution in [0.2, 0.25) is 0 Å². The fourth-order valence-electron chi connectivity index (χ4n) is 3.06. The number of piperidine rings is 1. The highest BCUT2D eigenvalue weighted by Gasteiger charge is 2.18. The lowest BCUT2D eigenvalue weighted by Crippen LogP contribution is -3.13. The zero-order valence-corrected chi connectivity index (χ0v) is 13.9. The third-order valence-corrected chi connectivity index (χ3v) is 4.63. The number of carbonyl (C=O) groups is 1. The minimum Gasteiger partial charge on any atom is -0.352 e. The summed E-state index contributed by atoms with van der Waals surface area (Å²) in [6.07, 6.45) is 3.55. The van der Waals surface area contributed by atoms with Crippen molar-refractivity contribution in [3.05, 3.63) is 39.4 Å². The van der Waals surface area contributed by atoms with E-state index >= 15 is 0 Å². The zero-order valence-electron chi connectivity index (χ0n) is 13.9. The van der Waals surface area contributed by atoms with Crippen molar-refractivity contribution in [2.24, 2.45) is 5.92 Å². The van der Waals surface area contributed by atoms with Crippen molar-refractivity contribution < 1.29 is 14.6 Å². The molecule has 1 aliphatic heterocycles. The maximum Gasteiger partial charge on any atom is 0.272 e. The third kappa shape index (κ3) is 5.03. The fraction of sp³-hybridized carbons (Fsp3) is 0.588. The first-order chi connectivity index (χ1) is 11.0. The Labute approximate surface area is 137 Å². The summed E-state index contributed by atoms with van der Waals surface area (Å²) < 4.78 is 0. The first-order valence-electron chi connectivity index (χ1n) is 8.34. The summed E-state index contributed by atoms with van der Waals surface area (Å²) in [6.45, 7) is 8.16. The second kappa shape index (κ2) is 8.06. The van der Waals surface area contributed by atoms with Gasteiger partial charge in [0.2, 0.25) is 0 Å². The lowest BCUT2D eigenvalue weighted by Gasteiger charge is -2.27. The largest absolute Gasteiger partial charge is 0.352 e. The average Bonchev–Trinajstić information content (AvgIpc) is 2.52. The van der Waals surface area contributed by atoms with Crippen LogP contribution in [-0.4, -0.2) is 37.0 Å². The molecule has 6 heteroatoms. The number of rotatable bonds is 6. The van der Waals surface area contributed by atoms with Crippen molar-refractivity contribution in [1.82, 2.24) is 5.32 Å². The normalized spacial score (nSPS) is 21.0. The quantitative estimate of drug-likeness (QED) is 0.472. The van der Waals surface area contributed by atoms with Gasteiger partial charge in [0.15, 0.2) is 0 Å². The van der Waals surface area contributed by atoms with Crippen LogP contribution in [0.25, 0.3) is 0 Å². The maximum atomic E-state index is 12.1. The summed E-state index contributed by atoms with van der Waals surface area (Å²) in [4.78, 5) is 24.1. The molecule has 0 saturated carbocycles. The predicted molar refractivity (Wildman–Crippen MR) is 88.7 cm³/mol. The Morgan fingerprint density at radius 2 is 2.09 bits per heavy atom. The molecule has 1 amide bonds. The second-order valence-electron chi connectivity index (χ2n) is 6.55. The molecule has 6 nitrogen and oxygen atoms in total. The van der Waals surface area contributed by atoms with Crippen molar-refractivity contribution in [3.63, 3.8) is 0 Å². The molecule has 0 atom stereocenters. The first kappa shape index (κ1) is 17.4. The van der Waals surface area contributed by atoms with Crippen LogP contribution in [0.5, 0.6) is 0 Å². The lowest BCUT2D eigenvalue weighted by atomic mass is 9.99. The molecule has 0 radical (unpaired) electrons. The van der Waals surface area contributed by atoms with Gasteiger partial charge in [-0.3, -0.25) is 14.9 Å². The van der Waals surface area contributed by atoms with Crippen LogP contribution in [0.15, 0.2) is 18.2 Å². The molecule has 0 spiro atoms. The van der Waals surface area contributed by atoms with E-state index in [4.69, 9.17) is 0 Å². The number of nitrogens with one attached hydrogen (secondary N) is 2. The van der Waals surface area contributed by atoms with Crippen LogP contribution < -0.4 is 10.2 Å². The van der Waals surface area contributed by atoms with E-state index in [1.165, 1.54) is 38.1 Å².